The normalized spacial score (nSPS) is 16.7. The van der Waals surface area contributed by atoms with E-state index in [0.29, 0.717) is 25.9 Å². The molecule has 0 aliphatic carbocycles. The number of aliphatic imine (C=N–C) groups is 1. The third-order valence-corrected chi connectivity index (χ3v) is 3.75. The average Bonchev–Trinajstić information content (AvgIpc) is 2.52. The maximum atomic E-state index is 12.8. The molecule has 0 spiro atoms. The molecule has 2 atom stereocenters. The van der Waals surface area contributed by atoms with Gasteiger partial charge in [-0.1, -0.05) is 6.92 Å². The predicted octanol–water partition coefficient (Wildman–Crippen LogP) is -2.86. The molecule has 1 rings (SSSR count). The molecule has 1 fully saturated rings. The predicted molar refractivity (Wildman–Crippen MR) is 94.5 cm³/mol. The molecule has 1 heterocycles. The molecule has 146 valence electrons. The molecular weight excluding hydrogens is 342 g/mol. The third-order valence-electron chi connectivity index (χ3n) is 3.75. The first kappa shape index (κ1) is 21.2. The van der Waals surface area contributed by atoms with Gasteiger partial charge in [0, 0.05) is 13.1 Å². The van der Waals surface area contributed by atoms with Gasteiger partial charge >= 0.3 is 0 Å². The second kappa shape index (κ2) is 10.2. The number of carbonyl (C=O) groups excluding carboxylic acids is 4. The van der Waals surface area contributed by atoms with Gasteiger partial charge < -0.3 is 32.7 Å². The van der Waals surface area contributed by atoms with Gasteiger partial charge in [-0.25, -0.2) is 0 Å². The smallest absolute Gasteiger partial charge is 0.245 e. The number of guanidine groups is 1. The first-order valence-electron chi connectivity index (χ1n) is 8.46. The van der Waals surface area contributed by atoms with Crippen molar-refractivity contribution in [2.45, 2.75) is 44.7 Å². The summed E-state index contributed by atoms with van der Waals surface area (Å²) in [5.74, 6) is -1.77. The van der Waals surface area contributed by atoms with Crippen LogP contribution in [0.4, 0.5) is 0 Å². The van der Waals surface area contributed by atoms with E-state index in [2.05, 4.69) is 15.6 Å². The van der Waals surface area contributed by atoms with Gasteiger partial charge in [0.25, 0.3) is 0 Å². The topological polar surface area (TPSA) is 186 Å². The highest BCUT2D eigenvalue weighted by molar-refractivity contribution is 5.99. The lowest BCUT2D eigenvalue weighted by Gasteiger charge is -2.30. The lowest BCUT2D eigenvalue weighted by atomic mass is 10.0. The van der Waals surface area contributed by atoms with Crippen molar-refractivity contribution in [1.29, 1.82) is 0 Å². The molecule has 0 bridgehead atoms. The highest BCUT2D eigenvalue weighted by Crippen LogP contribution is 2.09. The van der Waals surface area contributed by atoms with Crippen molar-refractivity contribution >= 4 is 29.6 Å². The van der Waals surface area contributed by atoms with Crippen molar-refractivity contribution in [3.05, 3.63) is 0 Å². The Bertz CT molecular complexity index is 566. The molecule has 1 unspecified atom stereocenters. The standard InChI is InChI=1S/C15H27N7O4/c1-2-6-22(8-11(16)23)14(26)9(4-3-5-19-15(17)18)21-13(25)10-7-12(24)20-10/h9-10H,2-8H2,1H3,(H2,16,23)(H,20,24)(H,21,25)(H4,17,18,19)/t9-,10?/m0/s1. The van der Waals surface area contributed by atoms with Crippen LogP contribution in [0.15, 0.2) is 4.99 Å². The molecule has 8 N–H and O–H groups in total. The minimum atomic E-state index is -0.861. The van der Waals surface area contributed by atoms with E-state index in [9.17, 15) is 19.2 Å². The Balaban J connectivity index is 2.76. The van der Waals surface area contributed by atoms with Crippen molar-refractivity contribution in [1.82, 2.24) is 15.5 Å². The van der Waals surface area contributed by atoms with Gasteiger partial charge in [-0.2, -0.15) is 0 Å². The first-order chi connectivity index (χ1) is 12.2. The fourth-order valence-electron chi connectivity index (χ4n) is 2.50. The Labute approximate surface area is 151 Å². The second-order valence-electron chi connectivity index (χ2n) is 6.06. The number of β-lactam (4-membered cyclic amide) rings is 1. The first-order valence-corrected chi connectivity index (χ1v) is 8.46. The minimum absolute atomic E-state index is 0.0598. The molecule has 11 heteroatoms. The zero-order chi connectivity index (χ0) is 19.7. The lowest BCUT2D eigenvalue weighted by molar-refractivity contribution is -0.141. The van der Waals surface area contributed by atoms with Gasteiger partial charge in [0.05, 0.1) is 13.0 Å². The summed E-state index contributed by atoms with van der Waals surface area (Å²) in [6, 6.07) is -1.51. The van der Waals surface area contributed by atoms with Crippen LogP contribution in [-0.2, 0) is 19.2 Å². The number of hydrogen-bond donors (Lipinski definition) is 5. The van der Waals surface area contributed by atoms with Crippen molar-refractivity contribution in [2.24, 2.45) is 22.2 Å². The zero-order valence-corrected chi connectivity index (χ0v) is 14.9. The van der Waals surface area contributed by atoms with E-state index in [4.69, 9.17) is 17.2 Å². The van der Waals surface area contributed by atoms with E-state index in [-0.39, 0.29) is 31.3 Å². The number of nitrogens with zero attached hydrogens (tertiary/aromatic N) is 2. The molecule has 11 nitrogen and oxygen atoms in total. The Morgan fingerprint density at radius 2 is 2.00 bits per heavy atom. The van der Waals surface area contributed by atoms with Crippen molar-refractivity contribution in [3.8, 4) is 0 Å². The van der Waals surface area contributed by atoms with Crippen molar-refractivity contribution in [2.75, 3.05) is 19.6 Å². The third kappa shape index (κ3) is 6.95. The summed E-state index contributed by atoms with van der Waals surface area (Å²) in [6.07, 6.45) is 1.44. The SMILES string of the molecule is CCCN(CC(N)=O)C(=O)[C@H](CCCN=C(N)N)NC(=O)C1CC(=O)N1. The molecule has 0 radical (unpaired) electrons. The second-order valence-corrected chi connectivity index (χ2v) is 6.06. The highest BCUT2D eigenvalue weighted by Gasteiger charge is 2.35. The molecule has 0 saturated carbocycles. The Morgan fingerprint density at radius 3 is 2.50 bits per heavy atom. The largest absolute Gasteiger partial charge is 0.370 e. The highest BCUT2D eigenvalue weighted by atomic mass is 16.2. The maximum Gasteiger partial charge on any atom is 0.245 e. The van der Waals surface area contributed by atoms with Gasteiger partial charge in [-0.15, -0.1) is 0 Å². The molecular formula is C15H27N7O4. The Morgan fingerprint density at radius 1 is 1.35 bits per heavy atom. The fraction of sp³-hybridized carbons (Fsp3) is 0.667. The number of nitrogens with two attached hydrogens (primary N) is 3. The summed E-state index contributed by atoms with van der Waals surface area (Å²) in [7, 11) is 0. The van der Waals surface area contributed by atoms with Crippen LogP contribution in [-0.4, -0.2) is 66.2 Å². The van der Waals surface area contributed by atoms with E-state index in [1.54, 1.807) is 0 Å². The van der Waals surface area contributed by atoms with E-state index in [1.165, 1.54) is 4.90 Å². The summed E-state index contributed by atoms with van der Waals surface area (Å²) in [5.41, 5.74) is 15.7. The van der Waals surface area contributed by atoms with Crippen molar-refractivity contribution < 1.29 is 19.2 Å². The minimum Gasteiger partial charge on any atom is -0.370 e. The zero-order valence-electron chi connectivity index (χ0n) is 14.9. The summed E-state index contributed by atoms with van der Waals surface area (Å²) in [6.45, 7) is 2.26. The van der Waals surface area contributed by atoms with Gasteiger partial charge in [-0.3, -0.25) is 24.2 Å². The molecule has 0 aromatic heterocycles. The van der Waals surface area contributed by atoms with Crippen LogP contribution in [0.25, 0.3) is 0 Å². The number of carbonyl (C=O) groups is 4. The number of amides is 4. The van der Waals surface area contributed by atoms with Gasteiger partial charge in [0.15, 0.2) is 5.96 Å². The number of nitrogens with one attached hydrogen (secondary N) is 2. The summed E-state index contributed by atoms with van der Waals surface area (Å²) in [5, 5.41) is 5.08. The average molecular weight is 369 g/mol. The van der Waals surface area contributed by atoms with E-state index in [1.807, 2.05) is 6.92 Å². The number of hydrogen-bond acceptors (Lipinski definition) is 5. The van der Waals surface area contributed by atoms with Crippen LogP contribution >= 0.6 is 0 Å². The van der Waals surface area contributed by atoms with Gasteiger partial charge in [0.1, 0.15) is 12.1 Å². The Hall–Kier alpha value is -2.85. The van der Waals surface area contributed by atoms with Crippen LogP contribution in [0, 0.1) is 0 Å². The molecule has 1 aliphatic heterocycles. The van der Waals surface area contributed by atoms with E-state index < -0.39 is 29.8 Å². The van der Waals surface area contributed by atoms with Crippen LogP contribution in [0.5, 0.6) is 0 Å². The quantitative estimate of drug-likeness (QED) is 0.113. The van der Waals surface area contributed by atoms with Gasteiger partial charge in [-0.05, 0) is 19.3 Å². The molecule has 4 amide bonds. The number of rotatable bonds is 11. The molecule has 1 aliphatic rings. The molecule has 1 saturated heterocycles. The van der Waals surface area contributed by atoms with Crippen LogP contribution in [0.3, 0.4) is 0 Å². The van der Waals surface area contributed by atoms with Crippen LogP contribution < -0.4 is 27.8 Å². The Kier molecular flexibility index (Phi) is 8.32. The van der Waals surface area contributed by atoms with Crippen LogP contribution in [0.2, 0.25) is 0 Å². The molecule has 0 aromatic carbocycles. The maximum absolute atomic E-state index is 12.8. The number of primary amides is 1. The monoisotopic (exact) mass is 369 g/mol. The lowest BCUT2D eigenvalue weighted by Crippen LogP contribution is -2.60. The summed E-state index contributed by atoms with van der Waals surface area (Å²) < 4.78 is 0. The van der Waals surface area contributed by atoms with Crippen molar-refractivity contribution in [3.63, 3.8) is 0 Å². The summed E-state index contributed by atoms with van der Waals surface area (Å²) >= 11 is 0. The fourth-order valence-corrected chi connectivity index (χ4v) is 2.50. The van der Waals surface area contributed by atoms with E-state index in [0.717, 1.165) is 0 Å². The van der Waals surface area contributed by atoms with Crippen LogP contribution in [0.1, 0.15) is 32.6 Å². The molecule has 0 aromatic rings. The summed E-state index contributed by atoms with van der Waals surface area (Å²) in [4.78, 5) is 52.3. The molecule has 26 heavy (non-hydrogen) atoms. The van der Waals surface area contributed by atoms with Gasteiger partial charge in [0.2, 0.25) is 23.6 Å². The van der Waals surface area contributed by atoms with E-state index >= 15 is 0 Å².